The first-order valence-electron chi connectivity index (χ1n) is 7.77. The number of halogens is 1. The normalized spacial score (nSPS) is 10.5. The van der Waals surface area contributed by atoms with E-state index in [2.05, 4.69) is 4.98 Å². The van der Waals surface area contributed by atoms with Gasteiger partial charge >= 0.3 is 11.9 Å². The highest BCUT2D eigenvalue weighted by molar-refractivity contribution is 7.14. The number of anilines is 2. The fourth-order valence-corrected chi connectivity index (χ4v) is 3.31. The lowest BCUT2D eigenvalue weighted by Crippen LogP contribution is -2.22. The standard InChI is InChI=1S/C17H12ClN3O6S/c1-10(22)20(13-4-2-3-11(18)7-13)17-19-12(9-28-17)8-26-16(23)14-5-6-15(27-14)21(24)25/h2-7,9H,8H2,1H3. The van der Waals surface area contributed by atoms with E-state index in [9.17, 15) is 19.7 Å². The Bertz CT molecular complexity index is 1050. The van der Waals surface area contributed by atoms with Gasteiger partial charge in [-0.2, -0.15) is 0 Å². The number of hydrogen-bond donors (Lipinski definition) is 0. The summed E-state index contributed by atoms with van der Waals surface area (Å²) in [6, 6.07) is 8.98. The summed E-state index contributed by atoms with van der Waals surface area (Å²) in [4.78, 5) is 39.5. The van der Waals surface area contributed by atoms with E-state index in [1.54, 1.807) is 29.6 Å². The smallest absolute Gasteiger partial charge is 0.433 e. The average Bonchev–Trinajstić information content (AvgIpc) is 3.29. The molecule has 2 heterocycles. The number of furan rings is 1. The van der Waals surface area contributed by atoms with E-state index in [1.165, 1.54) is 23.2 Å². The van der Waals surface area contributed by atoms with Gasteiger partial charge in [-0.15, -0.1) is 11.3 Å². The van der Waals surface area contributed by atoms with Crippen molar-refractivity contribution in [3.8, 4) is 0 Å². The number of ether oxygens (including phenoxy) is 1. The number of thiazole rings is 1. The van der Waals surface area contributed by atoms with Crippen LogP contribution in [0.15, 0.2) is 46.2 Å². The molecule has 0 saturated heterocycles. The van der Waals surface area contributed by atoms with Gasteiger partial charge < -0.3 is 9.15 Å². The van der Waals surface area contributed by atoms with Crippen LogP contribution in [0.25, 0.3) is 0 Å². The van der Waals surface area contributed by atoms with Crippen LogP contribution in [0.5, 0.6) is 0 Å². The molecule has 144 valence electrons. The van der Waals surface area contributed by atoms with Crippen molar-refractivity contribution in [2.75, 3.05) is 4.90 Å². The molecule has 11 heteroatoms. The Kier molecular flexibility index (Phi) is 5.71. The lowest BCUT2D eigenvalue weighted by Gasteiger charge is -2.18. The van der Waals surface area contributed by atoms with Crippen molar-refractivity contribution in [1.29, 1.82) is 0 Å². The van der Waals surface area contributed by atoms with Crippen LogP contribution in [-0.2, 0) is 16.1 Å². The van der Waals surface area contributed by atoms with Gasteiger partial charge in [-0.1, -0.05) is 17.7 Å². The molecule has 1 aromatic carbocycles. The predicted molar refractivity (Wildman–Crippen MR) is 101 cm³/mol. The Morgan fingerprint density at radius 1 is 1.36 bits per heavy atom. The number of amides is 1. The second-order valence-electron chi connectivity index (χ2n) is 5.43. The SMILES string of the molecule is CC(=O)N(c1cccc(Cl)c1)c1nc(COC(=O)c2ccc([N+](=O)[O-])o2)cs1. The third-order valence-corrected chi connectivity index (χ3v) is 4.55. The van der Waals surface area contributed by atoms with Crippen molar-refractivity contribution in [3.63, 3.8) is 0 Å². The van der Waals surface area contributed by atoms with E-state index in [1.807, 2.05) is 0 Å². The number of esters is 1. The van der Waals surface area contributed by atoms with Crippen LogP contribution in [0.3, 0.4) is 0 Å². The van der Waals surface area contributed by atoms with Crippen molar-refractivity contribution in [1.82, 2.24) is 4.98 Å². The Labute approximate surface area is 167 Å². The Morgan fingerprint density at radius 3 is 2.79 bits per heavy atom. The van der Waals surface area contributed by atoms with E-state index in [4.69, 9.17) is 20.8 Å². The molecule has 0 aliphatic rings. The van der Waals surface area contributed by atoms with Gasteiger partial charge in [0.05, 0.1) is 17.4 Å². The number of rotatable bonds is 6. The maximum Gasteiger partial charge on any atom is 0.433 e. The van der Waals surface area contributed by atoms with Gasteiger partial charge in [0.1, 0.15) is 11.5 Å². The van der Waals surface area contributed by atoms with Crippen molar-refractivity contribution >= 4 is 51.5 Å². The minimum absolute atomic E-state index is 0.189. The summed E-state index contributed by atoms with van der Waals surface area (Å²) in [6.45, 7) is 1.21. The highest BCUT2D eigenvalue weighted by Crippen LogP contribution is 2.30. The van der Waals surface area contributed by atoms with Gasteiger partial charge in [0.25, 0.3) is 0 Å². The maximum atomic E-state index is 12.1. The number of carbonyl (C=O) groups excluding carboxylic acids is 2. The van der Waals surface area contributed by atoms with Gasteiger partial charge in [-0.3, -0.25) is 19.8 Å². The topological polar surface area (TPSA) is 116 Å². The van der Waals surface area contributed by atoms with Crippen LogP contribution in [0, 0.1) is 10.1 Å². The summed E-state index contributed by atoms with van der Waals surface area (Å²) in [6.07, 6.45) is 0. The number of nitro groups is 1. The predicted octanol–water partition coefficient (Wildman–Crippen LogP) is 4.34. The molecule has 0 unspecified atom stereocenters. The molecule has 28 heavy (non-hydrogen) atoms. The number of nitrogens with zero attached hydrogens (tertiary/aromatic N) is 3. The zero-order chi connectivity index (χ0) is 20.3. The molecule has 0 aliphatic carbocycles. The zero-order valence-corrected chi connectivity index (χ0v) is 15.9. The van der Waals surface area contributed by atoms with E-state index in [0.717, 1.165) is 12.1 Å². The quantitative estimate of drug-likeness (QED) is 0.330. The van der Waals surface area contributed by atoms with E-state index in [-0.39, 0.29) is 18.3 Å². The first kappa shape index (κ1) is 19.5. The fourth-order valence-electron chi connectivity index (χ4n) is 2.25. The lowest BCUT2D eigenvalue weighted by atomic mass is 10.3. The molecule has 2 aromatic heterocycles. The molecule has 0 spiro atoms. The highest BCUT2D eigenvalue weighted by Gasteiger charge is 2.21. The summed E-state index contributed by atoms with van der Waals surface area (Å²) in [7, 11) is 0. The van der Waals surface area contributed by atoms with Gasteiger partial charge in [0, 0.05) is 17.3 Å². The minimum atomic E-state index is -0.860. The van der Waals surface area contributed by atoms with Crippen molar-refractivity contribution in [2.45, 2.75) is 13.5 Å². The molecule has 3 rings (SSSR count). The molecule has 0 bridgehead atoms. The summed E-state index contributed by atoms with van der Waals surface area (Å²) in [5.74, 6) is -1.96. The molecule has 0 N–H and O–H groups in total. The Balaban J connectivity index is 1.71. The third-order valence-electron chi connectivity index (χ3n) is 3.44. The molecule has 0 saturated carbocycles. The van der Waals surface area contributed by atoms with E-state index >= 15 is 0 Å². The van der Waals surface area contributed by atoms with E-state index < -0.39 is 16.8 Å². The average molecular weight is 422 g/mol. The fraction of sp³-hybridized carbons (Fsp3) is 0.118. The van der Waals surface area contributed by atoms with Crippen LogP contribution >= 0.6 is 22.9 Å². The zero-order valence-electron chi connectivity index (χ0n) is 14.3. The van der Waals surface area contributed by atoms with Crippen LogP contribution < -0.4 is 4.90 Å². The maximum absolute atomic E-state index is 12.1. The van der Waals surface area contributed by atoms with Crippen LogP contribution in [0.4, 0.5) is 16.7 Å². The molecule has 0 radical (unpaired) electrons. The number of aromatic nitrogens is 1. The number of carbonyl (C=O) groups is 2. The summed E-state index contributed by atoms with van der Waals surface area (Å²) >= 11 is 7.18. The molecule has 0 fully saturated rings. The van der Waals surface area contributed by atoms with E-state index in [0.29, 0.717) is 21.5 Å². The summed E-state index contributed by atoms with van der Waals surface area (Å²) in [5, 5.41) is 13.1. The second-order valence-corrected chi connectivity index (χ2v) is 6.70. The monoisotopic (exact) mass is 421 g/mol. The van der Waals surface area contributed by atoms with Gasteiger partial charge in [0.2, 0.25) is 11.7 Å². The largest absolute Gasteiger partial charge is 0.453 e. The number of benzene rings is 1. The van der Waals surface area contributed by atoms with Gasteiger partial charge in [-0.25, -0.2) is 9.78 Å². The summed E-state index contributed by atoms with van der Waals surface area (Å²) in [5.41, 5.74) is 0.962. The van der Waals surface area contributed by atoms with Gasteiger partial charge in [-0.05, 0) is 24.3 Å². The molecule has 1 amide bonds. The first-order valence-corrected chi connectivity index (χ1v) is 9.03. The molecule has 0 aliphatic heterocycles. The summed E-state index contributed by atoms with van der Waals surface area (Å²) < 4.78 is 9.83. The van der Waals surface area contributed by atoms with Crippen LogP contribution in [0.2, 0.25) is 5.02 Å². The van der Waals surface area contributed by atoms with Gasteiger partial charge in [0.15, 0.2) is 5.13 Å². The van der Waals surface area contributed by atoms with Crippen molar-refractivity contribution in [3.05, 3.63) is 68.4 Å². The lowest BCUT2D eigenvalue weighted by molar-refractivity contribution is -0.402. The molecule has 9 nitrogen and oxygen atoms in total. The van der Waals surface area contributed by atoms with Crippen molar-refractivity contribution in [2.24, 2.45) is 0 Å². The number of hydrogen-bond acceptors (Lipinski definition) is 8. The molecular weight excluding hydrogens is 410 g/mol. The first-order chi connectivity index (χ1) is 13.3. The van der Waals surface area contributed by atoms with Crippen LogP contribution in [-0.4, -0.2) is 21.8 Å². The third kappa shape index (κ3) is 4.35. The molecular formula is C17H12ClN3O6S. The minimum Gasteiger partial charge on any atom is -0.453 e. The van der Waals surface area contributed by atoms with Crippen LogP contribution in [0.1, 0.15) is 23.2 Å². The Morgan fingerprint density at radius 2 is 2.14 bits per heavy atom. The Hall–Kier alpha value is -3.24. The molecule has 0 atom stereocenters. The second kappa shape index (κ2) is 8.19. The molecule has 3 aromatic rings. The highest BCUT2D eigenvalue weighted by atomic mass is 35.5. The van der Waals surface area contributed by atoms with Crippen molar-refractivity contribution < 1.29 is 23.7 Å².